The summed E-state index contributed by atoms with van der Waals surface area (Å²) < 4.78 is 6.12. The normalized spacial score (nSPS) is 17.5. The van der Waals surface area contributed by atoms with Crippen molar-refractivity contribution in [1.29, 1.82) is 0 Å². The molecule has 1 aliphatic carbocycles. The molecule has 1 atom stereocenters. The minimum atomic E-state index is -0.502. The first kappa shape index (κ1) is 16.8. The van der Waals surface area contributed by atoms with Crippen molar-refractivity contribution in [3.63, 3.8) is 0 Å². The minimum absolute atomic E-state index is 0.261. The van der Waals surface area contributed by atoms with Gasteiger partial charge in [-0.25, -0.2) is 4.79 Å². The summed E-state index contributed by atoms with van der Waals surface area (Å²) in [5, 5.41) is 4.03. The first-order valence-corrected chi connectivity index (χ1v) is 8.66. The van der Waals surface area contributed by atoms with Crippen LogP contribution in [0.3, 0.4) is 0 Å². The van der Waals surface area contributed by atoms with E-state index in [4.69, 9.17) is 16.3 Å². The van der Waals surface area contributed by atoms with Crippen molar-refractivity contribution in [3.05, 3.63) is 33.3 Å². The molecular weight excluding hydrogens is 354 g/mol. The highest BCUT2D eigenvalue weighted by atomic mass is 79.9. The molecule has 0 heterocycles. The molecular formula is C16H21BrClNO2. The van der Waals surface area contributed by atoms with Crippen LogP contribution in [0, 0.1) is 0 Å². The van der Waals surface area contributed by atoms with Crippen LogP contribution in [0.5, 0.6) is 0 Å². The number of carbonyl (C=O) groups excluding carboxylic acids is 1. The highest BCUT2D eigenvalue weighted by molar-refractivity contribution is 9.10. The van der Waals surface area contributed by atoms with Crippen LogP contribution in [0.1, 0.15) is 50.6 Å². The molecule has 1 fully saturated rings. The van der Waals surface area contributed by atoms with E-state index in [0.29, 0.717) is 17.7 Å². The van der Waals surface area contributed by atoms with E-state index in [0.717, 1.165) is 22.9 Å². The van der Waals surface area contributed by atoms with Crippen LogP contribution in [0.25, 0.3) is 0 Å². The van der Waals surface area contributed by atoms with Crippen LogP contribution in [0.15, 0.2) is 22.7 Å². The van der Waals surface area contributed by atoms with E-state index in [1.54, 1.807) is 6.07 Å². The van der Waals surface area contributed by atoms with Gasteiger partial charge in [0.1, 0.15) is 6.04 Å². The number of hydrogen-bond acceptors (Lipinski definition) is 3. The zero-order valence-electron chi connectivity index (χ0n) is 12.2. The van der Waals surface area contributed by atoms with E-state index in [2.05, 4.69) is 21.2 Å². The molecule has 0 aromatic heterocycles. The molecule has 0 spiro atoms. The number of halogens is 2. The van der Waals surface area contributed by atoms with Crippen LogP contribution in [0.4, 0.5) is 0 Å². The Bertz CT molecular complexity index is 489. The Morgan fingerprint density at radius 2 is 2.14 bits per heavy atom. The number of esters is 1. The van der Waals surface area contributed by atoms with E-state index >= 15 is 0 Å². The van der Waals surface area contributed by atoms with Crippen molar-refractivity contribution in [2.45, 2.75) is 51.1 Å². The minimum Gasteiger partial charge on any atom is -0.465 e. The first-order chi connectivity index (χ1) is 10.1. The predicted molar refractivity (Wildman–Crippen MR) is 88.5 cm³/mol. The summed E-state index contributed by atoms with van der Waals surface area (Å²) in [7, 11) is 0. The van der Waals surface area contributed by atoms with Gasteiger partial charge in [0.05, 0.1) is 6.61 Å². The van der Waals surface area contributed by atoms with Gasteiger partial charge in [-0.1, -0.05) is 46.8 Å². The topological polar surface area (TPSA) is 38.3 Å². The molecule has 1 saturated carbocycles. The Kier molecular flexibility index (Phi) is 6.52. The highest BCUT2D eigenvalue weighted by Crippen LogP contribution is 2.29. The summed E-state index contributed by atoms with van der Waals surface area (Å²) in [5.41, 5.74) is 0.773. The van der Waals surface area contributed by atoms with Gasteiger partial charge in [-0.05, 0) is 43.5 Å². The van der Waals surface area contributed by atoms with E-state index in [9.17, 15) is 4.79 Å². The van der Waals surface area contributed by atoms with Crippen LogP contribution in [-0.2, 0) is 9.53 Å². The van der Waals surface area contributed by atoms with Crippen molar-refractivity contribution in [2.75, 3.05) is 6.61 Å². The van der Waals surface area contributed by atoms with Crippen LogP contribution in [0.2, 0.25) is 5.02 Å². The molecule has 1 aliphatic rings. The van der Waals surface area contributed by atoms with Gasteiger partial charge in [-0.15, -0.1) is 0 Å². The van der Waals surface area contributed by atoms with E-state index in [1.165, 1.54) is 19.3 Å². The van der Waals surface area contributed by atoms with Gasteiger partial charge in [-0.3, -0.25) is 5.32 Å². The van der Waals surface area contributed by atoms with Gasteiger partial charge in [0.25, 0.3) is 0 Å². The molecule has 1 unspecified atom stereocenters. The standard InChI is InChI=1S/C16H21BrClNO2/c1-2-21-16(20)15(19-12-6-4-3-5-7-12)13-10-11(17)8-9-14(13)18/h8-10,12,15,19H,2-7H2,1H3. The SMILES string of the molecule is CCOC(=O)C(NC1CCCCC1)c1cc(Br)ccc1Cl. The Morgan fingerprint density at radius 1 is 1.43 bits per heavy atom. The molecule has 0 aliphatic heterocycles. The predicted octanol–water partition coefficient (Wildman–Crippen LogP) is 4.63. The zero-order chi connectivity index (χ0) is 15.2. The van der Waals surface area contributed by atoms with Gasteiger partial charge in [0, 0.05) is 15.5 Å². The Balaban J connectivity index is 2.22. The average Bonchev–Trinajstić information content (AvgIpc) is 2.49. The lowest BCUT2D eigenvalue weighted by atomic mass is 9.94. The second-order valence-corrected chi connectivity index (χ2v) is 6.68. The number of nitrogens with one attached hydrogen (secondary N) is 1. The van der Waals surface area contributed by atoms with Crippen molar-refractivity contribution in [3.8, 4) is 0 Å². The second kappa shape index (κ2) is 8.16. The third-order valence-electron chi connectivity index (χ3n) is 3.80. The lowest BCUT2D eigenvalue weighted by Crippen LogP contribution is -2.39. The summed E-state index contributed by atoms with van der Waals surface area (Å²) >= 11 is 9.72. The van der Waals surface area contributed by atoms with Crippen LogP contribution in [-0.4, -0.2) is 18.6 Å². The number of carbonyl (C=O) groups is 1. The molecule has 5 heteroatoms. The largest absolute Gasteiger partial charge is 0.465 e. The molecule has 3 nitrogen and oxygen atoms in total. The van der Waals surface area contributed by atoms with Crippen molar-refractivity contribution >= 4 is 33.5 Å². The van der Waals surface area contributed by atoms with Gasteiger partial charge in [0.2, 0.25) is 0 Å². The fraction of sp³-hybridized carbons (Fsp3) is 0.562. The summed E-state index contributed by atoms with van der Waals surface area (Å²) in [6, 6.07) is 5.41. The summed E-state index contributed by atoms with van der Waals surface area (Å²) in [6.07, 6.45) is 5.89. The second-order valence-electron chi connectivity index (χ2n) is 5.35. The lowest BCUT2D eigenvalue weighted by Gasteiger charge is -2.28. The number of ether oxygens (including phenoxy) is 1. The van der Waals surface area contributed by atoms with Crippen LogP contribution < -0.4 is 5.32 Å². The monoisotopic (exact) mass is 373 g/mol. The number of benzene rings is 1. The van der Waals surface area contributed by atoms with Crippen molar-refractivity contribution < 1.29 is 9.53 Å². The molecule has 1 aromatic rings. The third kappa shape index (κ3) is 4.70. The molecule has 0 amide bonds. The highest BCUT2D eigenvalue weighted by Gasteiger charge is 2.27. The molecule has 21 heavy (non-hydrogen) atoms. The zero-order valence-corrected chi connectivity index (χ0v) is 14.5. The fourth-order valence-corrected chi connectivity index (χ4v) is 3.36. The smallest absolute Gasteiger partial charge is 0.327 e. The summed E-state index contributed by atoms with van der Waals surface area (Å²) in [6.45, 7) is 2.19. The Labute approximate surface area is 139 Å². The lowest BCUT2D eigenvalue weighted by molar-refractivity contribution is -0.146. The maximum Gasteiger partial charge on any atom is 0.327 e. The van der Waals surface area contributed by atoms with Gasteiger partial charge < -0.3 is 4.74 Å². The van der Waals surface area contributed by atoms with Gasteiger partial charge in [0.15, 0.2) is 0 Å². The Hall–Kier alpha value is -0.580. The average molecular weight is 375 g/mol. The molecule has 0 radical (unpaired) electrons. The maximum absolute atomic E-state index is 12.3. The van der Waals surface area contributed by atoms with Crippen LogP contribution >= 0.6 is 27.5 Å². The van der Waals surface area contributed by atoms with Crippen molar-refractivity contribution in [2.24, 2.45) is 0 Å². The molecule has 0 bridgehead atoms. The summed E-state index contributed by atoms with van der Waals surface area (Å²) in [5.74, 6) is -0.261. The van der Waals surface area contributed by atoms with Crippen molar-refractivity contribution in [1.82, 2.24) is 5.32 Å². The summed E-state index contributed by atoms with van der Waals surface area (Å²) in [4.78, 5) is 12.3. The third-order valence-corrected chi connectivity index (χ3v) is 4.64. The molecule has 1 N–H and O–H groups in total. The quantitative estimate of drug-likeness (QED) is 0.764. The fourth-order valence-electron chi connectivity index (χ4n) is 2.75. The van der Waals surface area contributed by atoms with E-state index < -0.39 is 6.04 Å². The van der Waals surface area contributed by atoms with Gasteiger partial charge in [-0.2, -0.15) is 0 Å². The maximum atomic E-state index is 12.3. The molecule has 116 valence electrons. The van der Waals surface area contributed by atoms with E-state index in [1.807, 2.05) is 19.1 Å². The van der Waals surface area contributed by atoms with E-state index in [-0.39, 0.29) is 5.97 Å². The molecule has 1 aromatic carbocycles. The Morgan fingerprint density at radius 3 is 2.81 bits per heavy atom. The molecule has 2 rings (SSSR count). The number of hydrogen-bond donors (Lipinski definition) is 1. The van der Waals surface area contributed by atoms with Gasteiger partial charge >= 0.3 is 5.97 Å². The first-order valence-electron chi connectivity index (χ1n) is 7.49. The number of rotatable bonds is 5. The molecule has 0 saturated heterocycles.